The summed E-state index contributed by atoms with van der Waals surface area (Å²) in [5.41, 5.74) is 2.46. The van der Waals surface area contributed by atoms with Gasteiger partial charge in [0.25, 0.3) is 0 Å². The van der Waals surface area contributed by atoms with Crippen molar-refractivity contribution in [3.8, 4) is 0 Å². The Bertz CT molecular complexity index is 324. The second-order valence-electron chi connectivity index (χ2n) is 3.42. The Hall–Kier alpha value is -0.450. The lowest BCUT2D eigenvalue weighted by molar-refractivity contribution is 0.0765. The fourth-order valence-corrected chi connectivity index (χ4v) is 1.98. The lowest BCUT2D eigenvalue weighted by Crippen LogP contribution is -2.35. The van der Waals surface area contributed by atoms with Crippen LogP contribution < -0.4 is 5.32 Å². The molecule has 1 N–H and O–H groups in total. The predicted molar refractivity (Wildman–Crippen MR) is 58.2 cm³/mol. The number of rotatable bonds is 1. The second-order valence-corrected chi connectivity index (χ2v) is 4.27. The summed E-state index contributed by atoms with van der Waals surface area (Å²) in [6, 6.07) is 0.286. The zero-order valence-corrected chi connectivity index (χ0v) is 9.67. The molecule has 1 fully saturated rings. The molecule has 1 atom stereocenters. The minimum atomic E-state index is 0.286. The summed E-state index contributed by atoms with van der Waals surface area (Å²) in [6.45, 7) is 4.55. The molecule has 1 aliphatic heterocycles. The third-order valence-electron chi connectivity index (χ3n) is 2.49. The zero-order valence-electron chi connectivity index (χ0n) is 8.09. The van der Waals surface area contributed by atoms with Crippen LogP contribution in [-0.2, 0) is 4.74 Å². The van der Waals surface area contributed by atoms with Gasteiger partial charge in [-0.1, -0.05) is 0 Å². The number of nitrogens with one attached hydrogen (secondary N) is 1. The zero-order chi connectivity index (χ0) is 9.97. The molecule has 0 spiro atoms. The van der Waals surface area contributed by atoms with Crippen molar-refractivity contribution in [2.45, 2.75) is 13.0 Å². The fourth-order valence-electron chi connectivity index (χ4n) is 1.63. The molecule has 3 nitrogen and oxygen atoms in total. The Morgan fingerprint density at radius 1 is 1.57 bits per heavy atom. The maximum atomic E-state index is 5.43. The summed E-state index contributed by atoms with van der Waals surface area (Å²) < 4.78 is 6.48. The van der Waals surface area contributed by atoms with E-state index in [9.17, 15) is 0 Å². The van der Waals surface area contributed by atoms with Crippen molar-refractivity contribution in [1.29, 1.82) is 0 Å². The van der Waals surface area contributed by atoms with Gasteiger partial charge in [0.2, 0.25) is 0 Å². The van der Waals surface area contributed by atoms with Crippen LogP contribution in [0.5, 0.6) is 0 Å². The predicted octanol–water partition coefficient (Wildman–Crippen LogP) is 1.81. The average molecular weight is 257 g/mol. The van der Waals surface area contributed by atoms with Gasteiger partial charge in [-0.15, -0.1) is 0 Å². The topological polar surface area (TPSA) is 34.1 Å². The number of nitrogens with zero attached hydrogens (tertiary/aromatic N) is 1. The van der Waals surface area contributed by atoms with Gasteiger partial charge >= 0.3 is 0 Å². The molecule has 1 unspecified atom stereocenters. The standard InChI is InChI=1S/C10H13BrN2O/c1-7-8(4-12-5-9(7)11)10-6-14-3-2-13-10/h4-5,10,13H,2-3,6H2,1H3. The van der Waals surface area contributed by atoms with E-state index in [2.05, 4.69) is 33.2 Å². The van der Waals surface area contributed by atoms with Crippen LogP contribution in [0.2, 0.25) is 0 Å². The van der Waals surface area contributed by atoms with Crippen LogP contribution in [0.15, 0.2) is 16.9 Å². The lowest BCUT2D eigenvalue weighted by Gasteiger charge is -2.25. The van der Waals surface area contributed by atoms with Crippen LogP contribution in [0.1, 0.15) is 17.2 Å². The van der Waals surface area contributed by atoms with Crippen molar-refractivity contribution in [1.82, 2.24) is 10.3 Å². The monoisotopic (exact) mass is 256 g/mol. The average Bonchev–Trinajstić information content (AvgIpc) is 2.23. The molecular weight excluding hydrogens is 244 g/mol. The largest absolute Gasteiger partial charge is 0.378 e. The number of aromatic nitrogens is 1. The molecule has 76 valence electrons. The van der Waals surface area contributed by atoms with Crippen molar-refractivity contribution < 1.29 is 4.74 Å². The second kappa shape index (κ2) is 4.38. The Morgan fingerprint density at radius 3 is 3.14 bits per heavy atom. The number of hydrogen-bond donors (Lipinski definition) is 1. The molecule has 0 aromatic carbocycles. The van der Waals surface area contributed by atoms with Gasteiger partial charge in [-0.25, -0.2) is 0 Å². The van der Waals surface area contributed by atoms with Crippen molar-refractivity contribution in [3.63, 3.8) is 0 Å². The van der Waals surface area contributed by atoms with E-state index in [1.165, 1.54) is 11.1 Å². The quantitative estimate of drug-likeness (QED) is 0.833. The van der Waals surface area contributed by atoms with Gasteiger partial charge in [0.15, 0.2) is 0 Å². The Balaban J connectivity index is 2.26. The number of hydrogen-bond acceptors (Lipinski definition) is 3. The molecule has 1 aromatic heterocycles. The van der Waals surface area contributed by atoms with Gasteiger partial charge in [-0.3, -0.25) is 4.98 Å². The molecule has 1 aromatic rings. The summed E-state index contributed by atoms with van der Waals surface area (Å²) in [4.78, 5) is 4.18. The number of ether oxygens (including phenoxy) is 1. The molecule has 1 saturated heterocycles. The molecule has 14 heavy (non-hydrogen) atoms. The first-order chi connectivity index (χ1) is 6.79. The third kappa shape index (κ3) is 1.97. The highest BCUT2D eigenvalue weighted by molar-refractivity contribution is 9.10. The molecule has 1 aliphatic rings. The maximum absolute atomic E-state index is 5.43. The molecule has 2 heterocycles. The highest BCUT2D eigenvalue weighted by Gasteiger charge is 2.17. The highest BCUT2D eigenvalue weighted by Crippen LogP contribution is 2.24. The van der Waals surface area contributed by atoms with Crippen molar-refractivity contribution in [2.24, 2.45) is 0 Å². The first kappa shape index (κ1) is 10.1. The Morgan fingerprint density at radius 2 is 2.43 bits per heavy atom. The molecule has 4 heteroatoms. The van der Waals surface area contributed by atoms with Gasteiger partial charge < -0.3 is 10.1 Å². The third-order valence-corrected chi connectivity index (χ3v) is 3.29. The Labute approximate surface area is 92.0 Å². The van der Waals surface area contributed by atoms with Gasteiger partial charge in [0, 0.05) is 23.4 Å². The van der Waals surface area contributed by atoms with E-state index in [0.717, 1.165) is 24.2 Å². The van der Waals surface area contributed by atoms with Crippen LogP contribution in [0.25, 0.3) is 0 Å². The molecule has 0 radical (unpaired) electrons. The molecular formula is C10H13BrN2O. The van der Waals surface area contributed by atoms with Crippen LogP contribution in [0, 0.1) is 6.92 Å². The number of morpholine rings is 1. The number of pyridine rings is 1. The van der Waals surface area contributed by atoms with Crippen LogP contribution >= 0.6 is 15.9 Å². The molecule has 0 amide bonds. The van der Waals surface area contributed by atoms with E-state index in [-0.39, 0.29) is 6.04 Å². The summed E-state index contributed by atoms with van der Waals surface area (Å²) >= 11 is 3.48. The van der Waals surface area contributed by atoms with E-state index >= 15 is 0 Å². The fraction of sp³-hybridized carbons (Fsp3) is 0.500. The van der Waals surface area contributed by atoms with E-state index in [1.807, 2.05) is 12.4 Å². The minimum absolute atomic E-state index is 0.286. The Kier molecular flexibility index (Phi) is 3.15. The van der Waals surface area contributed by atoms with Gasteiger partial charge in [-0.2, -0.15) is 0 Å². The normalized spacial score (nSPS) is 22.3. The summed E-state index contributed by atoms with van der Waals surface area (Å²) in [5.74, 6) is 0. The van der Waals surface area contributed by atoms with E-state index in [1.54, 1.807) is 0 Å². The highest BCUT2D eigenvalue weighted by atomic mass is 79.9. The van der Waals surface area contributed by atoms with E-state index in [4.69, 9.17) is 4.74 Å². The summed E-state index contributed by atoms with van der Waals surface area (Å²) in [6.07, 6.45) is 3.73. The summed E-state index contributed by atoms with van der Waals surface area (Å²) in [5, 5.41) is 3.42. The SMILES string of the molecule is Cc1c(Br)cncc1C1COCCN1. The van der Waals surface area contributed by atoms with Gasteiger partial charge in [-0.05, 0) is 34.0 Å². The van der Waals surface area contributed by atoms with Crippen LogP contribution in [0.4, 0.5) is 0 Å². The lowest BCUT2D eigenvalue weighted by atomic mass is 10.0. The minimum Gasteiger partial charge on any atom is -0.378 e. The van der Waals surface area contributed by atoms with Gasteiger partial charge in [0.05, 0.1) is 19.3 Å². The first-order valence-electron chi connectivity index (χ1n) is 4.70. The molecule has 2 rings (SSSR count). The first-order valence-corrected chi connectivity index (χ1v) is 5.49. The van der Waals surface area contributed by atoms with Crippen LogP contribution in [0.3, 0.4) is 0 Å². The smallest absolute Gasteiger partial charge is 0.0662 e. The van der Waals surface area contributed by atoms with E-state index < -0.39 is 0 Å². The van der Waals surface area contributed by atoms with Crippen molar-refractivity contribution in [2.75, 3.05) is 19.8 Å². The van der Waals surface area contributed by atoms with Crippen molar-refractivity contribution >= 4 is 15.9 Å². The molecule has 0 bridgehead atoms. The van der Waals surface area contributed by atoms with Gasteiger partial charge in [0.1, 0.15) is 0 Å². The number of halogens is 1. The van der Waals surface area contributed by atoms with E-state index in [0.29, 0.717) is 0 Å². The maximum Gasteiger partial charge on any atom is 0.0662 e. The molecule has 0 aliphatic carbocycles. The molecule has 0 saturated carbocycles. The van der Waals surface area contributed by atoms with Crippen LogP contribution in [-0.4, -0.2) is 24.7 Å². The summed E-state index contributed by atoms with van der Waals surface area (Å²) in [7, 11) is 0. The van der Waals surface area contributed by atoms with Crippen molar-refractivity contribution in [3.05, 3.63) is 28.0 Å².